The Balaban J connectivity index is 1.70. The molecule has 0 bridgehead atoms. The molecular formula is C15H21Cl2F3N6. The summed E-state index contributed by atoms with van der Waals surface area (Å²) in [6, 6.07) is 1.53. The predicted octanol–water partition coefficient (Wildman–Crippen LogP) is 2.60. The molecule has 1 aromatic rings. The molecule has 2 rings (SSSR count). The van der Waals surface area contributed by atoms with Gasteiger partial charge in [-0.3, -0.25) is 9.89 Å². The lowest BCUT2D eigenvalue weighted by molar-refractivity contribution is -0.143. The first kappa shape index (κ1) is 20.9. The highest BCUT2D eigenvalue weighted by Crippen LogP contribution is 2.22. The van der Waals surface area contributed by atoms with Crippen LogP contribution in [0.15, 0.2) is 17.3 Å². The predicted molar refractivity (Wildman–Crippen MR) is 98.1 cm³/mol. The number of hydrogen-bond donors (Lipinski definition) is 3. The highest BCUT2D eigenvalue weighted by Gasteiger charge is 2.34. The maximum atomic E-state index is 12.4. The van der Waals surface area contributed by atoms with E-state index in [0.29, 0.717) is 54.4 Å². The highest BCUT2D eigenvalue weighted by atomic mass is 35.5. The summed E-state index contributed by atoms with van der Waals surface area (Å²) in [4.78, 5) is 9.57. The van der Waals surface area contributed by atoms with E-state index in [-0.39, 0.29) is 6.04 Å². The van der Waals surface area contributed by atoms with Crippen LogP contribution in [0.1, 0.15) is 6.42 Å². The number of pyridine rings is 1. The summed E-state index contributed by atoms with van der Waals surface area (Å²) in [5.74, 6) is 1.07. The summed E-state index contributed by atoms with van der Waals surface area (Å²) in [6.45, 7) is 0.925. The molecule has 1 fully saturated rings. The molecule has 0 amide bonds. The van der Waals surface area contributed by atoms with E-state index in [0.717, 1.165) is 0 Å². The third kappa shape index (κ3) is 7.05. The largest absolute Gasteiger partial charge is 0.401 e. The van der Waals surface area contributed by atoms with Gasteiger partial charge in [-0.1, -0.05) is 23.2 Å². The second kappa shape index (κ2) is 9.48. The van der Waals surface area contributed by atoms with Gasteiger partial charge in [0, 0.05) is 45.5 Å². The molecule has 1 atom stereocenters. The van der Waals surface area contributed by atoms with Crippen LogP contribution in [-0.4, -0.2) is 67.8 Å². The van der Waals surface area contributed by atoms with E-state index in [2.05, 4.69) is 25.9 Å². The Morgan fingerprint density at radius 3 is 2.81 bits per heavy atom. The number of aromatic nitrogens is 1. The zero-order valence-corrected chi connectivity index (χ0v) is 15.7. The molecule has 0 radical (unpaired) electrons. The molecule has 1 aliphatic heterocycles. The Kier molecular flexibility index (Phi) is 7.60. The first-order valence-electron chi connectivity index (χ1n) is 8.08. The molecule has 1 unspecified atom stereocenters. The summed E-state index contributed by atoms with van der Waals surface area (Å²) in [5.41, 5.74) is 0. The van der Waals surface area contributed by atoms with Crippen molar-refractivity contribution in [2.45, 2.75) is 18.6 Å². The van der Waals surface area contributed by atoms with Crippen molar-refractivity contribution in [1.82, 2.24) is 20.5 Å². The second-order valence-electron chi connectivity index (χ2n) is 5.89. The van der Waals surface area contributed by atoms with Crippen LogP contribution in [0.3, 0.4) is 0 Å². The van der Waals surface area contributed by atoms with Crippen molar-refractivity contribution in [3.8, 4) is 0 Å². The summed E-state index contributed by atoms with van der Waals surface area (Å²) < 4.78 is 37.3. The number of halogens is 5. The maximum absolute atomic E-state index is 12.4. The summed E-state index contributed by atoms with van der Waals surface area (Å²) in [5, 5.41) is 10.2. The molecule has 0 aliphatic carbocycles. The Bertz CT molecular complexity index is 626. The van der Waals surface area contributed by atoms with Crippen molar-refractivity contribution in [2.75, 3.05) is 45.1 Å². The van der Waals surface area contributed by atoms with Gasteiger partial charge in [0.25, 0.3) is 0 Å². The number of anilines is 1. The second-order valence-corrected chi connectivity index (χ2v) is 6.73. The number of aliphatic imine (C=N–C) groups is 1. The molecule has 1 aromatic heterocycles. The van der Waals surface area contributed by atoms with E-state index in [9.17, 15) is 13.2 Å². The van der Waals surface area contributed by atoms with Gasteiger partial charge in [-0.25, -0.2) is 4.98 Å². The van der Waals surface area contributed by atoms with Crippen LogP contribution in [0.4, 0.5) is 19.0 Å². The summed E-state index contributed by atoms with van der Waals surface area (Å²) >= 11 is 11.8. The van der Waals surface area contributed by atoms with E-state index in [1.165, 1.54) is 11.1 Å². The molecule has 0 aromatic carbocycles. The van der Waals surface area contributed by atoms with Crippen LogP contribution in [0.2, 0.25) is 10.0 Å². The van der Waals surface area contributed by atoms with Crippen molar-refractivity contribution in [1.29, 1.82) is 0 Å². The number of hydrogen-bond acceptors (Lipinski definition) is 4. The van der Waals surface area contributed by atoms with Crippen molar-refractivity contribution >= 4 is 35.0 Å². The van der Waals surface area contributed by atoms with E-state index in [1.807, 2.05) is 0 Å². The fourth-order valence-corrected chi connectivity index (χ4v) is 3.09. The third-order valence-corrected chi connectivity index (χ3v) is 4.25. The first-order valence-corrected chi connectivity index (χ1v) is 8.83. The molecule has 1 saturated heterocycles. The van der Waals surface area contributed by atoms with Crippen LogP contribution in [0, 0.1) is 0 Å². The van der Waals surface area contributed by atoms with Gasteiger partial charge in [-0.05, 0) is 12.5 Å². The van der Waals surface area contributed by atoms with E-state index < -0.39 is 12.7 Å². The topological polar surface area (TPSA) is 64.6 Å². The van der Waals surface area contributed by atoms with E-state index in [4.69, 9.17) is 23.2 Å². The van der Waals surface area contributed by atoms with Crippen molar-refractivity contribution in [3.63, 3.8) is 0 Å². The van der Waals surface area contributed by atoms with Gasteiger partial charge < -0.3 is 16.0 Å². The average molecular weight is 413 g/mol. The Morgan fingerprint density at radius 2 is 2.15 bits per heavy atom. The van der Waals surface area contributed by atoms with Gasteiger partial charge in [0.2, 0.25) is 0 Å². The molecule has 0 spiro atoms. The molecule has 0 saturated carbocycles. The van der Waals surface area contributed by atoms with Gasteiger partial charge in [0.1, 0.15) is 5.82 Å². The van der Waals surface area contributed by atoms with Gasteiger partial charge in [0.15, 0.2) is 5.96 Å². The quantitative estimate of drug-likeness (QED) is 0.380. The summed E-state index contributed by atoms with van der Waals surface area (Å²) in [7, 11) is 1.61. The minimum Gasteiger partial charge on any atom is -0.367 e. The van der Waals surface area contributed by atoms with Gasteiger partial charge >= 0.3 is 6.18 Å². The smallest absolute Gasteiger partial charge is 0.367 e. The van der Waals surface area contributed by atoms with E-state index >= 15 is 0 Å². The number of alkyl halides is 3. The van der Waals surface area contributed by atoms with Crippen LogP contribution in [-0.2, 0) is 0 Å². The highest BCUT2D eigenvalue weighted by molar-refractivity contribution is 6.35. The molecule has 26 heavy (non-hydrogen) atoms. The van der Waals surface area contributed by atoms with Crippen molar-refractivity contribution in [3.05, 3.63) is 22.3 Å². The minimum absolute atomic E-state index is 0.0658. The SMILES string of the molecule is CN=C(NCCNc1ncc(Cl)cc1Cl)NC1CCN(CC(F)(F)F)C1. The van der Waals surface area contributed by atoms with Crippen molar-refractivity contribution in [2.24, 2.45) is 4.99 Å². The monoisotopic (exact) mass is 412 g/mol. The molecule has 6 nitrogen and oxygen atoms in total. The fourth-order valence-electron chi connectivity index (χ4n) is 2.64. The van der Waals surface area contributed by atoms with Gasteiger partial charge in [-0.15, -0.1) is 0 Å². The lowest BCUT2D eigenvalue weighted by Gasteiger charge is -2.20. The van der Waals surface area contributed by atoms with Gasteiger partial charge in [-0.2, -0.15) is 13.2 Å². The van der Waals surface area contributed by atoms with Crippen molar-refractivity contribution < 1.29 is 13.2 Å². The number of nitrogens with zero attached hydrogens (tertiary/aromatic N) is 3. The van der Waals surface area contributed by atoms with Crippen LogP contribution >= 0.6 is 23.2 Å². The number of likely N-dealkylation sites (tertiary alicyclic amines) is 1. The normalized spacial score (nSPS) is 18.8. The van der Waals surface area contributed by atoms with Crippen LogP contribution in [0.25, 0.3) is 0 Å². The minimum atomic E-state index is -4.17. The molecule has 3 N–H and O–H groups in total. The zero-order valence-electron chi connectivity index (χ0n) is 14.2. The Hall–Kier alpha value is -1.45. The molecular weight excluding hydrogens is 392 g/mol. The van der Waals surface area contributed by atoms with Crippen LogP contribution in [0.5, 0.6) is 0 Å². The van der Waals surface area contributed by atoms with Crippen LogP contribution < -0.4 is 16.0 Å². The maximum Gasteiger partial charge on any atom is 0.401 e. The number of rotatable bonds is 6. The molecule has 1 aliphatic rings. The lowest BCUT2D eigenvalue weighted by Crippen LogP contribution is -2.46. The third-order valence-electron chi connectivity index (χ3n) is 3.76. The Labute approximate surface area is 160 Å². The number of guanidine groups is 1. The Morgan fingerprint density at radius 1 is 1.38 bits per heavy atom. The molecule has 146 valence electrons. The van der Waals surface area contributed by atoms with E-state index in [1.54, 1.807) is 13.1 Å². The standard InChI is InChI=1S/C15H21Cl2F3N6/c1-21-14(25-11-2-5-26(8-11)9-15(18,19)20)23-4-3-22-13-12(17)6-10(16)7-24-13/h6-7,11H,2-5,8-9H2,1H3,(H,22,24)(H2,21,23,25). The lowest BCUT2D eigenvalue weighted by atomic mass is 10.3. The average Bonchev–Trinajstić information content (AvgIpc) is 2.97. The zero-order chi connectivity index (χ0) is 19.2. The summed E-state index contributed by atoms with van der Waals surface area (Å²) in [6.07, 6.45) is -2.03. The van der Waals surface area contributed by atoms with Gasteiger partial charge in [0.05, 0.1) is 16.6 Å². The molecule has 11 heteroatoms. The molecule has 2 heterocycles. The first-order chi connectivity index (χ1) is 12.3. The fraction of sp³-hybridized carbons (Fsp3) is 0.600. The number of nitrogens with one attached hydrogen (secondary N) is 3.